The number of nitrogens with one attached hydrogen (secondary N) is 2. The molecule has 29 heavy (non-hydrogen) atoms. The first-order valence-corrected chi connectivity index (χ1v) is 8.72. The summed E-state index contributed by atoms with van der Waals surface area (Å²) in [6.07, 6.45) is 0. The second-order valence-corrected chi connectivity index (χ2v) is 6.31. The van der Waals surface area contributed by atoms with Crippen molar-refractivity contribution in [1.82, 2.24) is 15.3 Å². The van der Waals surface area contributed by atoms with Crippen LogP contribution in [-0.4, -0.2) is 22.7 Å². The molecule has 2 heterocycles. The first-order chi connectivity index (χ1) is 14.0. The van der Waals surface area contributed by atoms with Gasteiger partial charge in [-0.2, -0.15) is 0 Å². The van der Waals surface area contributed by atoms with Gasteiger partial charge in [0.05, 0.1) is 0 Å². The van der Waals surface area contributed by atoms with Gasteiger partial charge in [0.1, 0.15) is 17.3 Å². The highest BCUT2D eigenvalue weighted by molar-refractivity contribution is 5.93. The highest BCUT2D eigenvalue weighted by Gasteiger charge is 2.15. The molecule has 0 fully saturated rings. The first kappa shape index (κ1) is 18.6. The molecular weight excluding hydrogens is 382 g/mol. The van der Waals surface area contributed by atoms with Crippen LogP contribution in [0.1, 0.15) is 21.9 Å². The average molecular weight is 398 g/mol. The predicted octanol–water partition coefficient (Wildman–Crippen LogP) is 3.47. The zero-order valence-corrected chi connectivity index (χ0v) is 15.3. The maximum Gasteiger partial charge on any atom is 0.270 e. The molecule has 1 aliphatic heterocycles. The van der Waals surface area contributed by atoms with Crippen LogP contribution in [-0.2, 0) is 6.54 Å². The molecule has 4 rings (SSSR count). The number of ether oxygens (including phenoxy) is 2. The zero-order valence-electron chi connectivity index (χ0n) is 15.3. The molecule has 3 aromatic rings. The number of fused-ring (bicyclic) bond motifs is 1. The molecule has 9 heteroatoms. The fourth-order valence-corrected chi connectivity index (χ4v) is 2.79. The molecule has 0 bridgehead atoms. The van der Waals surface area contributed by atoms with Gasteiger partial charge in [0.2, 0.25) is 6.79 Å². The highest BCUT2D eigenvalue weighted by atomic mass is 19.2. The minimum absolute atomic E-state index is 0.142. The monoisotopic (exact) mass is 398 g/mol. The van der Waals surface area contributed by atoms with Gasteiger partial charge in [-0.15, -0.1) is 0 Å². The number of aryl methyl sites for hydroxylation is 1. The average Bonchev–Trinajstić information content (AvgIpc) is 3.16. The number of hydrogen-bond acceptors (Lipinski definition) is 6. The van der Waals surface area contributed by atoms with E-state index in [0.29, 0.717) is 23.0 Å². The smallest absolute Gasteiger partial charge is 0.270 e. The molecule has 0 radical (unpaired) electrons. The predicted molar refractivity (Wildman–Crippen MR) is 100 cm³/mol. The summed E-state index contributed by atoms with van der Waals surface area (Å²) in [6.45, 7) is 2.08. The Morgan fingerprint density at radius 3 is 2.69 bits per heavy atom. The SMILES string of the molecule is Cc1nc(Nc2ccc(F)c(F)c2)cc(C(=O)NCc2ccc3c(c2)OCO3)n1. The van der Waals surface area contributed by atoms with Crippen molar-refractivity contribution in [3.8, 4) is 11.5 Å². The van der Waals surface area contributed by atoms with Crippen molar-refractivity contribution in [1.29, 1.82) is 0 Å². The summed E-state index contributed by atoms with van der Waals surface area (Å²) in [5.41, 5.74) is 1.28. The maximum atomic E-state index is 13.4. The lowest BCUT2D eigenvalue weighted by atomic mass is 10.2. The Bertz CT molecular complexity index is 1090. The van der Waals surface area contributed by atoms with E-state index in [1.807, 2.05) is 6.07 Å². The van der Waals surface area contributed by atoms with E-state index < -0.39 is 17.5 Å². The second-order valence-electron chi connectivity index (χ2n) is 6.31. The highest BCUT2D eigenvalue weighted by Crippen LogP contribution is 2.32. The first-order valence-electron chi connectivity index (χ1n) is 8.72. The van der Waals surface area contributed by atoms with Crippen molar-refractivity contribution in [3.63, 3.8) is 0 Å². The van der Waals surface area contributed by atoms with Crippen LogP contribution in [0, 0.1) is 18.6 Å². The Labute approximate surface area is 164 Å². The van der Waals surface area contributed by atoms with Crippen LogP contribution in [0.4, 0.5) is 20.3 Å². The topological polar surface area (TPSA) is 85.4 Å². The Morgan fingerprint density at radius 1 is 1.03 bits per heavy atom. The molecule has 0 saturated carbocycles. The van der Waals surface area contributed by atoms with Gasteiger partial charge in [-0.3, -0.25) is 4.79 Å². The molecule has 2 aromatic carbocycles. The van der Waals surface area contributed by atoms with Gasteiger partial charge < -0.3 is 20.1 Å². The number of amides is 1. The fraction of sp³-hybridized carbons (Fsp3) is 0.150. The lowest BCUT2D eigenvalue weighted by Gasteiger charge is -2.10. The summed E-state index contributed by atoms with van der Waals surface area (Å²) in [6, 6.07) is 10.2. The summed E-state index contributed by atoms with van der Waals surface area (Å²) in [5, 5.41) is 5.62. The summed E-state index contributed by atoms with van der Waals surface area (Å²) in [5.74, 6) is -0.392. The van der Waals surface area contributed by atoms with Gasteiger partial charge in [0, 0.05) is 24.4 Å². The van der Waals surface area contributed by atoms with Crippen LogP contribution in [0.5, 0.6) is 11.5 Å². The summed E-state index contributed by atoms with van der Waals surface area (Å²) < 4.78 is 37.0. The van der Waals surface area contributed by atoms with Crippen molar-refractivity contribution < 1.29 is 23.0 Å². The van der Waals surface area contributed by atoms with Crippen molar-refractivity contribution in [2.75, 3.05) is 12.1 Å². The third-order valence-electron chi connectivity index (χ3n) is 4.15. The van der Waals surface area contributed by atoms with Gasteiger partial charge >= 0.3 is 0 Å². The number of hydrogen-bond donors (Lipinski definition) is 2. The summed E-state index contributed by atoms with van der Waals surface area (Å²) in [7, 11) is 0. The normalized spacial score (nSPS) is 12.0. The van der Waals surface area contributed by atoms with E-state index in [9.17, 15) is 13.6 Å². The molecule has 0 saturated heterocycles. The van der Waals surface area contributed by atoms with Gasteiger partial charge in [0.25, 0.3) is 5.91 Å². The van der Waals surface area contributed by atoms with Crippen molar-refractivity contribution in [3.05, 3.63) is 71.2 Å². The fourth-order valence-electron chi connectivity index (χ4n) is 2.79. The number of anilines is 2. The molecule has 2 N–H and O–H groups in total. The van der Waals surface area contributed by atoms with Crippen LogP contribution in [0.3, 0.4) is 0 Å². The Balaban J connectivity index is 1.46. The number of rotatable bonds is 5. The molecule has 1 aliphatic rings. The molecule has 1 aromatic heterocycles. The quantitative estimate of drug-likeness (QED) is 0.685. The maximum absolute atomic E-state index is 13.4. The van der Waals surface area contributed by atoms with E-state index in [2.05, 4.69) is 20.6 Å². The standard InChI is InChI=1S/C20H16F2N4O3/c1-11-24-16(8-19(25-11)26-13-3-4-14(21)15(22)7-13)20(27)23-9-12-2-5-17-18(6-12)29-10-28-17/h2-8H,9-10H2,1H3,(H,23,27)(H,24,25,26). The molecular formula is C20H16F2N4O3. The third kappa shape index (κ3) is 4.23. The van der Waals surface area contributed by atoms with Gasteiger partial charge in [-0.25, -0.2) is 18.7 Å². The minimum Gasteiger partial charge on any atom is -0.454 e. The Kier molecular flexibility index (Phi) is 4.94. The van der Waals surface area contributed by atoms with E-state index >= 15 is 0 Å². The van der Waals surface area contributed by atoms with Crippen LogP contribution in [0.25, 0.3) is 0 Å². The van der Waals surface area contributed by atoms with Crippen molar-refractivity contribution in [2.45, 2.75) is 13.5 Å². The lowest BCUT2D eigenvalue weighted by molar-refractivity contribution is 0.0945. The molecule has 0 atom stereocenters. The zero-order chi connectivity index (χ0) is 20.4. The molecule has 0 unspecified atom stereocenters. The molecule has 1 amide bonds. The number of carbonyl (C=O) groups is 1. The number of halogens is 2. The van der Waals surface area contributed by atoms with Crippen LogP contribution >= 0.6 is 0 Å². The molecule has 148 valence electrons. The molecule has 0 aliphatic carbocycles. The Hall–Kier alpha value is -3.75. The molecule has 0 spiro atoms. The number of carbonyl (C=O) groups excluding carboxylic acids is 1. The Morgan fingerprint density at radius 2 is 1.86 bits per heavy atom. The number of benzene rings is 2. The van der Waals surface area contributed by atoms with Crippen molar-refractivity contribution in [2.24, 2.45) is 0 Å². The number of aromatic nitrogens is 2. The largest absolute Gasteiger partial charge is 0.454 e. The van der Waals surface area contributed by atoms with Gasteiger partial charge in [-0.1, -0.05) is 6.07 Å². The van der Waals surface area contributed by atoms with Crippen LogP contribution in [0.2, 0.25) is 0 Å². The van der Waals surface area contributed by atoms with E-state index in [0.717, 1.165) is 17.7 Å². The summed E-state index contributed by atoms with van der Waals surface area (Å²) >= 11 is 0. The van der Waals surface area contributed by atoms with Crippen LogP contribution < -0.4 is 20.1 Å². The van der Waals surface area contributed by atoms with E-state index in [4.69, 9.17) is 9.47 Å². The lowest BCUT2D eigenvalue weighted by Crippen LogP contribution is -2.24. The van der Waals surface area contributed by atoms with E-state index in [-0.39, 0.29) is 24.8 Å². The second kappa shape index (κ2) is 7.70. The van der Waals surface area contributed by atoms with Gasteiger partial charge in [-0.05, 0) is 36.8 Å². The van der Waals surface area contributed by atoms with Crippen molar-refractivity contribution >= 4 is 17.4 Å². The van der Waals surface area contributed by atoms with Gasteiger partial charge in [0.15, 0.2) is 23.1 Å². The molecule has 7 nitrogen and oxygen atoms in total. The van der Waals surface area contributed by atoms with Crippen LogP contribution in [0.15, 0.2) is 42.5 Å². The number of nitrogens with zero attached hydrogens (tertiary/aromatic N) is 2. The summed E-state index contributed by atoms with van der Waals surface area (Å²) in [4.78, 5) is 20.8. The van der Waals surface area contributed by atoms with E-state index in [1.54, 1.807) is 19.1 Å². The van der Waals surface area contributed by atoms with E-state index in [1.165, 1.54) is 12.1 Å². The minimum atomic E-state index is -0.984. The third-order valence-corrected chi connectivity index (χ3v) is 4.15.